The minimum Gasteiger partial charge on any atom is -0.376 e. The summed E-state index contributed by atoms with van der Waals surface area (Å²) in [7, 11) is 0. The van der Waals surface area contributed by atoms with Crippen LogP contribution in [-0.4, -0.2) is 50.3 Å². The zero-order valence-electron chi connectivity index (χ0n) is 11.2. The molecule has 0 aliphatic carbocycles. The van der Waals surface area contributed by atoms with Crippen molar-refractivity contribution in [2.75, 3.05) is 26.3 Å². The van der Waals surface area contributed by atoms with Crippen LogP contribution in [0.3, 0.4) is 0 Å². The summed E-state index contributed by atoms with van der Waals surface area (Å²) in [6.07, 6.45) is 4.14. The molecule has 2 N–H and O–H groups in total. The van der Waals surface area contributed by atoms with Crippen LogP contribution in [0, 0.1) is 0 Å². The molecule has 6 heteroatoms. The van der Waals surface area contributed by atoms with Gasteiger partial charge in [0.25, 0.3) is 0 Å². The van der Waals surface area contributed by atoms with E-state index in [1.165, 1.54) is 0 Å². The van der Waals surface area contributed by atoms with Crippen molar-refractivity contribution in [2.45, 2.75) is 44.3 Å². The van der Waals surface area contributed by atoms with E-state index in [2.05, 4.69) is 10.6 Å². The van der Waals surface area contributed by atoms with E-state index < -0.39 is 0 Å². The van der Waals surface area contributed by atoms with Crippen molar-refractivity contribution < 1.29 is 19.1 Å². The van der Waals surface area contributed by atoms with Gasteiger partial charge in [-0.1, -0.05) is 0 Å². The van der Waals surface area contributed by atoms with Gasteiger partial charge in [0.1, 0.15) is 6.42 Å². The average Bonchev–Trinajstić information content (AvgIpc) is 3.07. The number of amides is 2. The molecule has 0 spiro atoms. The summed E-state index contributed by atoms with van der Waals surface area (Å²) < 4.78 is 10.8. The maximum Gasteiger partial charge on any atom is 0.229 e. The van der Waals surface area contributed by atoms with Crippen LogP contribution >= 0.6 is 0 Å². The molecule has 0 saturated carbocycles. The lowest BCUT2D eigenvalue weighted by atomic mass is 10.2. The van der Waals surface area contributed by atoms with E-state index in [0.717, 1.165) is 38.9 Å². The van der Waals surface area contributed by atoms with Gasteiger partial charge < -0.3 is 20.1 Å². The predicted molar refractivity (Wildman–Crippen MR) is 68.6 cm³/mol. The Bertz CT molecular complexity index is 280. The standard InChI is InChI=1S/C13H22N2O4/c16-12(14-8-10-3-1-5-18-10)7-13(17)15-9-11-4-2-6-19-11/h10-11H,1-9H2,(H,14,16)(H,15,17)/t10-,11-/m0/s1. The van der Waals surface area contributed by atoms with Gasteiger partial charge in [-0.2, -0.15) is 0 Å². The van der Waals surface area contributed by atoms with Gasteiger partial charge in [0, 0.05) is 26.3 Å². The van der Waals surface area contributed by atoms with Crippen molar-refractivity contribution in [1.29, 1.82) is 0 Å². The highest BCUT2D eigenvalue weighted by Crippen LogP contribution is 2.11. The van der Waals surface area contributed by atoms with Crippen molar-refractivity contribution >= 4 is 11.8 Å². The Kier molecular flexibility index (Phi) is 5.60. The molecule has 2 saturated heterocycles. The van der Waals surface area contributed by atoms with E-state index in [-0.39, 0.29) is 30.4 Å². The molecule has 19 heavy (non-hydrogen) atoms. The van der Waals surface area contributed by atoms with E-state index in [9.17, 15) is 9.59 Å². The van der Waals surface area contributed by atoms with Gasteiger partial charge in [-0.25, -0.2) is 0 Å². The predicted octanol–water partition coefficient (Wildman–Crippen LogP) is -0.0331. The molecule has 2 aliphatic rings. The number of hydrogen-bond acceptors (Lipinski definition) is 4. The molecule has 0 aromatic rings. The van der Waals surface area contributed by atoms with Crippen molar-refractivity contribution in [2.24, 2.45) is 0 Å². The number of ether oxygens (including phenoxy) is 2. The van der Waals surface area contributed by atoms with Crippen LogP contribution in [0.2, 0.25) is 0 Å². The van der Waals surface area contributed by atoms with Crippen molar-refractivity contribution in [3.8, 4) is 0 Å². The molecule has 0 radical (unpaired) electrons. The average molecular weight is 270 g/mol. The normalized spacial score (nSPS) is 26.3. The van der Waals surface area contributed by atoms with Crippen LogP contribution in [0.25, 0.3) is 0 Å². The molecular weight excluding hydrogens is 248 g/mol. The lowest BCUT2D eigenvalue weighted by Gasteiger charge is -2.12. The van der Waals surface area contributed by atoms with E-state index >= 15 is 0 Å². The van der Waals surface area contributed by atoms with Crippen LogP contribution in [0.15, 0.2) is 0 Å². The van der Waals surface area contributed by atoms with Gasteiger partial charge in [0.2, 0.25) is 11.8 Å². The second-order valence-corrected chi connectivity index (χ2v) is 5.05. The Labute approximate surface area is 113 Å². The van der Waals surface area contributed by atoms with E-state index in [4.69, 9.17) is 9.47 Å². The molecule has 0 bridgehead atoms. The van der Waals surface area contributed by atoms with Gasteiger partial charge in [-0.3, -0.25) is 9.59 Å². The first-order valence-corrected chi connectivity index (χ1v) is 7.00. The van der Waals surface area contributed by atoms with Crippen LogP contribution in [0.1, 0.15) is 32.1 Å². The van der Waals surface area contributed by atoms with Crippen LogP contribution in [0.4, 0.5) is 0 Å². The van der Waals surface area contributed by atoms with Crippen molar-refractivity contribution in [1.82, 2.24) is 10.6 Å². The first-order chi connectivity index (χ1) is 9.24. The summed E-state index contributed by atoms with van der Waals surface area (Å²) in [5.41, 5.74) is 0. The highest BCUT2D eigenvalue weighted by molar-refractivity contribution is 5.96. The fraction of sp³-hybridized carbons (Fsp3) is 0.846. The molecule has 2 aliphatic heterocycles. The maximum atomic E-state index is 11.5. The number of rotatable bonds is 6. The van der Waals surface area contributed by atoms with Gasteiger partial charge in [0.15, 0.2) is 0 Å². The fourth-order valence-corrected chi connectivity index (χ4v) is 2.34. The van der Waals surface area contributed by atoms with Crippen molar-refractivity contribution in [3.63, 3.8) is 0 Å². The number of carbonyl (C=O) groups excluding carboxylic acids is 2. The zero-order valence-corrected chi connectivity index (χ0v) is 11.2. The summed E-state index contributed by atoms with van der Waals surface area (Å²) in [6.45, 7) is 2.53. The van der Waals surface area contributed by atoms with E-state index in [1.807, 2.05) is 0 Å². The summed E-state index contributed by atoms with van der Waals surface area (Å²) >= 11 is 0. The lowest BCUT2D eigenvalue weighted by molar-refractivity contribution is -0.129. The Morgan fingerprint density at radius 2 is 1.37 bits per heavy atom. The highest BCUT2D eigenvalue weighted by Gasteiger charge is 2.19. The number of nitrogens with one attached hydrogen (secondary N) is 2. The minimum atomic E-state index is -0.250. The van der Waals surface area contributed by atoms with Crippen molar-refractivity contribution in [3.05, 3.63) is 0 Å². The molecule has 0 aromatic carbocycles. The molecule has 108 valence electrons. The largest absolute Gasteiger partial charge is 0.376 e. The Morgan fingerprint density at radius 1 is 0.895 bits per heavy atom. The molecular formula is C13H22N2O4. The summed E-state index contributed by atoms with van der Waals surface area (Å²) in [5.74, 6) is -0.499. The Balaban J connectivity index is 1.54. The maximum absolute atomic E-state index is 11.5. The first-order valence-electron chi connectivity index (χ1n) is 7.00. The minimum absolute atomic E-state index is 0.110. The van der Waals surface area contributed by atoms with Gasteiger partial charge in [0.05, 0.1) is 12.2 Å². The zero-order chi connectivity index (χ0) is 13.5. The SMILES string of the molecule is O=C(CC(=O)NC[C@@H]1CCCO1)NC[C@@H]1CCCO1. The Morgan fingerprint density at radius 3 is 1.74 bits per heavy atom. The fourth-order valence-electron chi connectivity index (χ4n) is 2.34. The Hall–Kier alpha value is -1.14. The highest BCUT2D eigenvalue weighted by atomic mass is 16.5. The third-order valence-electron chi connectivity index (χ3n) is 3.42. The molecule has 2 atom stereocenters. The van der Waals surface area contributed by atoms with Gasteiger partial charge in [-0.15, -0.1) is 0 Å². The second-order valence-electron chi connectivity index (χ2n) is 5.05. The summed E-state index contributed by atoms with van der Waals surface area (Å²) in [6, 6.07) is 0. The lowest BCUT2D eigenvalue weighted by Crippen LogP contribution is -2.37. The molecule has 6 nitrogen and oxygen atoms in total. The number of hydrogen-bond donors (Lipinski definition) is 2. The number of carbonyl (C=O) groups is 2. The van der Waals surface area contributed by atoms with E-state index in [1.54, 1.807) is 0 Å². The van der Waals surface area contributed by atoms with Gasteiger partial charge in [-0.05, 0) is 25.7 Å². The molecule has 0 aromatic heterocycles. The molecule has 0 unspecified atom stereocenters. The summed E-state index contributed by atoms with van der Waals surface area (Å²) in [5, 5.41) is 5.45. The van der Waals surface area contributed by atoms with E-state index in [0.29, 0.717) is 13.1 Å². The molecule has 2 amide bonds. The topological polar surface area (TPSA) is 76.7 Å². The second kappa shape index (κ2) is 7.45. The van der Waals surface area contributed by atoms with Crippen LogP contribution < -0.4 is 10.6 Å². The molecule has 2 fully saturated rings. The third-order valence-corrected chi connectivity index (χ3v) is 3.42. The summed E-state index contributed by atoms with van der Waals surface area (Å²) in [4.78, 5) is 23.1. The van der Waals surface area contributed by atoms with Gasteiger partial charge >= 0.3 is 0 Å². The van der Waals surface area contributed by atoms with Crippen LogP contribution in [0.5, 0.6) is 0 Å². The molecule has 2 rings (SSSR count). The molecule has 2 heterocycles. The quantitative estimate of drug-likeness (QED) is 0.664. The monoisotopic (exact) mass is 270 g/mol. The first kappa shape index (κ1) is 14.3. The van der Waals surface area contributed by atoms with Crippen LogP contribution in [-0.2, 0) is 19.1 Å². The third kappa shape index (κ3) is 5.16. The smallest absolute Gasteiger partial charge is 0.229 e.